The summed E-state index contributed by atoms with van der Waals surface area (Å²) in [6.45, 7) is 1.64. The topological polar surface area (TPSA) is 35.8 Å². The van der Waals surface area contributed by atoms with Gasteiger partial charge < -0.3 is 5.32 Å². The van der Waals surface area contributed by atoms with Crippen molar-refractivity contribution in [3.8, 4) is 6.07 Å². The van der Waals surface area contributed by atoms with Crippen LogP contribution in [-0.4, -0.2) is 0 Å². The molecule has 17 heavy (non-hydrogen) atoms. The van der Waals surface area contributed by atoms with E-state index in [-0.39, 0.29) is 0 Å². The molecule has 1 aromatic carbocycles. The van der Waals surface area contributed by atoms with E-state index in [1.165, 1.54) is 4.88 Å². The van der Waals surface area contributed by atoms with Gasteiger partial charge in [0.25, 0.3) is 0 Å². The average molecular weight is 307 g/mol. The van der Waals surface area contributed by atoms with Gasteiger partial charge in [-0.05, 0) is 39.7 Å². The van der Waals surface area contributed by atoms with E-state index in [2.05, 4.69) is 38.8 Å². The number of nitrogens with one attached hydrogen (secondary N) is 1. The lowest BCUT2D eigenvalue weighted by molar-refractivity contribution is 0.701. The van der Waals surface area contributed by atoms with E-state index in [0.717, 1.165) is 23.1 Å². The molecule has 1 heterocycles. The molecule has 1 aromatic heterocycles. The minimum absolute atomic E-state index is 0.711. The van der Waals surface area contributed by atoms with Crippen molar-refractivity contribution in [2.45, 2.75) is 13.1 Å². The number of hydrogen-bond acceptors (Lipinski definition) is 3. The Morgan fingerprint density at radius 2 is 2.18 bits per heavy atom. The van der Waals surface area contributed by atoms with E-state index in [1.807, 2.05) is 24.3 Å². The molecule has 0 atom stereocenters. The van der Waals surface area contributed by atoms with Crippen LogP contribution in [-0.2, 0) is 13.1 Å². The number of benzene rings is 1. The van der Waals surface area contributed by atoms with Crippen molar-refractivity contribution >= 4 is 27.3 Å². The molecule has 0 fully saturated rings. The summed E-state index contributed by atoms with van der Waals surface area (Å²) < 4.78 is 1.13. The summed E-state index contributed by atoms with van der Waals surface area (Å²) in [7, 11) is 0. The molecule has 0 aliphatic heterocycles. The van der Waals surface area contributed by atoms with Crippen LogP contribution < -0.4 is 5.32 Å². The highest BCUT2D eigenvalue weighted by molar-refractivity contribution is 9.10. The normalized spacial score (nSPS) is 10.1. The number of rotatable bonds is 4. The Bertz CT molecular complexity index is 542. The third-order valence-electron chi connectivity index (χ3n) is 2.31. The van der Waals surface area contributed by atoms with E-state index < -0.39 is 0 Å². The van der Waals surface area contributed by atoms with Crippen molar-refractivity contribution in [3.63, 3.8) is 0 Å². The van der Waals surface area contributed by atoms with E-state index >= 15 is 0 Å². The lowest BCUT2D eigenvalue weighted by Gasteiger charge is -2.03. The first kappa shape index (κ1) is 12.3. The second-order valence-electron chi connectivity index (χ2n) is 3.65. The highest BCUT2D eigenvalue weighted by Gasteiger charge is 1.98. The van der Waals surface area contributed by atoms with Crippen LogP contribution in [0.1, 0.15) is 16.0 Å². The van der Waals surface area contributed by atoms with Gasteiger partial charge in [-0.15, -0.1) is 11.3 Å². The molecule has 0 aliphatic rings. The van der Waals surface area contributed by atoms with Crippen molar-refractivity contribution in [3.05, 3.63) is 56.2 Å². The van der Waals surface area contributed by atoms with Crippen LogP contribution in [0.25, 0.3) is 0 Å². The first-order chi connectivity index (χ1) is 8.28. The summed E-state index contributed by atoms with van der Waals surface area (Å²) in [5.74, 6) is 0. The highest BCUT2D eigenvalue weighted by Crippen LogP contribution is 2.19. The summed E-state index contributed by atoms with van der Waals surface area (Å²) in [6.07, 6.45) is 0. The van der Waals surface area contributed by atoms with Crippen molar-refractivity contribution in [2.24, 2.45) is 0 Å². The Kier molecular flexibility index (Phi) is 4.32. The van der Waals surface area contributed by atoms with Crippen molar-refractivity contribution in [2.75, 3.05) is 0 Å². The van der Waals surface area contributed by atoms with Crippen molar-refractivity contribution in [1.82, 2.24) is 5.32 Å². The third kappa shape index (κ3) is 3.67. The van der Waals surface area contributed by atoms with Gasteiger partial charge in [-0.3, -0.25) is 0 Å². The zero-order valence-electron chi connectivity index (χ0n) is 9.11. The molecule has 0 radical (unpaired) electrons. The first-order valence-corrected chi connectivity index (χ1v) is 6.88. The first-order valence-electron chi connectivity index (χ1n) is 5.20. The van der Waals surface area contributed by atoms with E-state index in [0.29, 0.717) is 5.56 Å². The van der Waals surface area contributed by atoms with E-state index in [4.69, 9.17) is 5.26 Å². The van der Waals surface area contributed by atoms with Gasteiger partial charge in [0.2, 0.25) is 0 Å². The van der Waals surface area contributed by atoms with Crippen LogP contribution >= 0.6 is 27.3 Å². The Hall–Kier alpha value is -1.15. The van der Waals surface area contributed by atoms with Gasteiger partial charge in [0.1, 0.15) is 0 Å². The number of hydrogen-bond donors (Lipinski definition) is 1. The summed E-state index contributed by atoms with van der Waals surface area (Å²) in [6, 6.07) is 11.9. The maximum Gasteiger partial charge on any atom is 0.0991 e. The number of halogens is 1. The van der Waals surface area contributed by atoms with Crippen LogP contribution in [0.2, 0.25) is 0 Å². The number of nitrogens with zero attached hydrogens (tertiary/aromatic N) is 1. The predicted molar refractivity (Wildman–Crippen MR) is 73.7 cm³/mol. The summed E-state index contributed by atoms with van der Waals surface area (Å²) >= 11 is 5.17. The molecule has 0 aliphatic carbocycles. The molecule has 4 heteroatoms. The fraction of sp³-hybridized carbons (Fsp3) is 0.154. The Balaban J connectivity index is 1.88. The molecule has 0 amide bonds. The summed E-state index contributed by atoms with van der Waals surface area (Å²) in [5.41, 5.74) is 1.85. The maximum atomic E-state index is 8.79. The Morgan fingerprint density at radius 3 is 2.88 bits per heavy atom. The fourth-order valence-corrected chi connectivity index (χ4v) is 2.95. The van der Waals surface area contributed by atoms with Crippen LogP contribution in [0.15, 0.2) is 40.2 Å². The van der Waals surface area contributed by atoms with Gasteiger partial charge in [0, 0.05) is 27.8 Å². The zero-order valence-corrected chi connectivity index (χ0v) is 11.5. The van der Waals surface area contributed by atoms with Gasteiger partial charge in [0.15, 0.2) is 0 Å². The maximum absolute atomic E-state index is 8.79. The second kappa shape index (κ2) is 5.97. The predicted octanol–water partition coefficient (Wildman–Crippen LogP) is 3.67. The molecule has 0 bridgehead atoms. The molecule has 1 N–H and O–H groups in total. The van der Waals surface area contributed by atoms with Gasteiger partial charge in [-0.2, -0.15) is 5.26 Å². The monoisotopic (exact) mass is 306 g/mol. The van der Waals surface area contributed by atoms with Crippen LogP contribution in [0, 0.1) is 11.3 Å². The molecular weight excluding hydrogens is 296 g/mol. The van der Waals surface area contributed by atoms with Gasteiger partial charge >= 0.3 is 0 Å². The lowest BCUT2D eigenvalue weighted by Crippen LogP contribution is -2.11. The minimum Gasteiger partial charge on any atom is -0.308 e. The van der Waals surface area contributed by atoms with E-state index in [1.54, 1.807) is 11.3 Å². The van der Waals surface area contributed by atoms with Crippen LogP contribution in [0.3, 0.4) is 0 Å². The molecule has 0 spiro atoms. The number of nitriles is 1. The molecule has 2 rings (SSSR count). The number of thiophene rings is 1. The van der Waals surface area contributed by atoms with Gasteiger partial charge in [0.05, 0.1) is 11.6 Å². The summed E-state index contributed by atoms with van der Waals surface area (Å²) in [4.78, 5) is 1.30. The highest BCUT2D eigenvalue weighted by atomic mass is 79.9. The van der Waals surface area contributed by atoms with Crippen LogP contribution in [0.4, 0.5) is 0 Å². The Morgan fingerprint density at radius 1 is 1.29 bits per heavy atom. The SMILES string of the molecule is N#Cc1cccc(CNCc2cc(Br)cs2)c1. The van der Waals surface area contributed by atoms with Crippen molar-refractivity contribution < 1.29 is 0 Å². The van der Waals surface area contributed by atoms with Gasteiger partial charge in [-0.1, -0.05) is 12.1 Å². The zero-order chi connectivity index (χ0) is 12.1. The van der Waals surface area contributed by atoms with E-state index in [9.17, 15) is 0 Å². The third-order valence-corrected chi connectivity index (χ3v) is 4.00. The molecule has 0 unspecified atom stereocenters. The summed E-state index contributed by atoms with van der Waals surface area (Å²) in [5, 5.41) is 14.2. The molecule has 0 saturated carbocycles. The molecule has 86 valence electrons. The van der Waals surface area contributed by atoms with Crippen LogP contribution in [0.5, 0.6) is 0 Å². The minimum atomic E-state index is 0.711. The molecule has 2 aromatic rings. The Labute approximate surface area is 113 Å². The van der Waals surface area contributed by atoms with Crippen molar-refractivity contribution in [1.29, 1.82) is 5.26 Å². The lowest BCUT2D eigenvalue weighted by atomic mass is 10.1. The molecular formula is C13H11BrN2S. The standard InChI is InChI=1S/C13H11BrN2S/c14-12-5-13(17-9-12)8-16-7-11-3-1-2-10(4-11)6-15/h1-5,9,16H,7-8H2. The quantitative estimate of drug-likeness (QED) is 0.935. The smallest absolute Gasteiger partial charge is 0.0991 e. The fourth-order valence-electron chi connectivity index (χ4n) is 1.53. The molecule has 0 saturated heterocycles. The molecule has 2 nitrogen and oxygen atoms in total. The van der Waals surface area contributed by atoms with Gasteiger partial charge in [-0.25, -0.2) is 0 Å². The second-order valence-corrected chi connectivity index (χ2v) is 5.56. The largest absolute Gasteiger partial charge is 0.308 e. The average Bonchev–Trinajstić information content (AvgIpc) is 2.75.